The van der Waals surface area contributed by atoms with E-state index in [1.165, 1.54) is 19.1 Å². The predicted molar refractivity (Wildman–Crippen MR) is 109 cm³/mol. The van der Waals surface area contributed by atoms with Crippen LogP contribution in [-0.2, 0) is 19.1 Å². The van der Waals surface area contributed by atoms with Crippen LogP contribution in [0.3, 0.4) is 0 Å². The number of esters is 2. The molecule has 1 heterocycles. The van der Waals surface area contributed by atoms with Gasteiger partial charge in [0.1, 0.15) is 0 Å². The lowest BCUT2D eigenvalue weighted by Gasteiger charge is -2.17. The summed E-state index contributed by atoms with van der Waals surface area (Å²) in [6.45, 7) is 1.68. The lowest BCUT2D eigenvalue weighted by atomic mass is 10.0. The zero-order valence-corrected chi connectivity index (χ0v) is 16.8. The maximum atomic E-state index is 13.2. The molecule has 148 valence electrons. The van der Waals surface area contributed by atoms with Gasteiger partial charge in [-0.15, -0.1) is 0 Å². The van der Waals surface area contributed by atoms with Gasteiger partial charge in [-0.05, 0) is 55.0 Å². The van der Waals surface area contributed by atoms with Crippen LogP contribution in [-0.4, -0.2) is 32.1 Å². The van der Waals surface area contributed by atoms with Crippen molar-refractivity contribution in [2.75, 3.05) is 19.1 Å². The molecule has 0 aromatic heterocycles. The van der Waals surface area contributed by atoms with Gasteiger partial charge in [0.2, 0.25) is 0 Å². The van der Waals surface area contributed by atoms with Gasteiger partial charge < -0.3 is 9.47 Å². The zero-order valence-electron chi connectivity index (χ0n) is 16.1. The molecule has 0 radical (unpaired) electrons. The van der Waals surface area contributed by atoms with Crippen LogP contribution < -0.4 is 4.90 Å². The molecule has 1 amide bonds. The fourth-order valence-electron chi connectivity index (χ4n) is 3.08. The molecule has 0 saturated heterocycles. The quantitative estimate of drug-likeness (QED) is 0.561. The number of hydrogen-bond donors (Lipinski definition) is 0. The van der Waals surface area contributed by atoms with Gasteiger partial charge >= 0.3 is 11.9 Å². The zero-order chi connectivity index (χ0) is 21.1. The molecule has 6 nitrogen and oxygen atoms in total. The first-order valence-corrected chi connectivity index (χ1v) is 9.04. The molecule has 0 aliphatic carbocycles. The Kier molecular flexibility index (Phi) is 5.84. The van der Waals surface area contributed by atoms with Crippen LogP contribution in [0.4, 0.5) is 5.69 Å². The Morgan fingerprint density at radius 1 is 0.931 bits per heavy atom. The van der Waals surface area contributed by atoms with E-state index in [9.17, 15) is 14.4 Å². The maximum Gasteiger partial charge on any atom is 0.340 e. The van der Waals surface area contributed by atoms with E-state index in [4.69, 9.17) is 16.3 Å². The van der Waals surface area contributed by atoms with Crippen LogP contribution in [0.15, 0.2) is 65.4 Å². The smallest absolute Gasteiger partial charge is 0.340 e. The van der Waals surface area contributed by atoms with Gasteiger partial charge in [0.15, 0.2) is 0 Å². The fourth-order valence-corrected chi connectivity index (χ4v) is 3.21. The number of carbonyl (C=O) groups excluding carboxylic acids is 3. The Morgan fingerprint density at radius 3 is 2.07 bits per heavy atom. The highest BCUT2D eigenvalue weighted by Crippen LogP contribution is 2.35. The topological polar surface area (TPSA) is 72.9 Å². The third-order valence-corrected chi connectivity index (χ3v) is 4.77. The van der Waals surface area contributed by atoms with E-state index < -0.39 is 11.9 Å². The van der Waals surface area contributed by atoms with E-state index in [1.807, 2.05) is 0 Å². The average molecular weight is 412 g/mol. The van der Waals surface area contributed by atoms with E-state index >= 15 is 0 Å². The monoisotopic (exact) mass is 411 g/mol. The molecule has 0 unspecified atom stereocenters. The van der Waals surface area contributed by atoms with Gasteiger partial charge in [0, 0.05) is 16.4 Å². The minimum absolute atomic E-state index is 0.185. The largest absolute Gasteiger partial charge is 0.465 e. The van der Waals surface area contributed by atoms with E-state index in [1.54, 1.807) is 61.5 Å². The first-order valence-electron chi connectivity index (χ1n) is 8.67. The molecule has 2 aromatic carbocycles. The van der Waals surface area contributed by atoms with Crippen molar-refractivity contribution in [3.05, 3.63) is 81.5 Å². The van der Waals surface area contributed by atoms with Crippen LogP contribution >= 0.6 is 11.6 Å². The minimum Gasteiger partial charge on any atom is -0.465 e. The van der Waals surface area contributed by atoms with Gasteiger partial charge in [-0.25, -0.2) is 9.59 Å². The van der Waals surface area contributed by atoms with Crippen LogP contribution in [0.1, 0.15) is 22.8 Å². The number of hydrogen-bond acceptors (Lipinski definition) is 5. The predicted octanol–water partition coefficient (Wildman–Crippen LogP) is 4.00. The Balaban J connectivity index is 2.06. The first-order chi connectivity index (χ1) is 13.9. The SMILES string of the molecule is COC(=O)C1=C(C)N(c2ccc(Cl)cc2)C(=O)C1=Cc1ccc(C(=O)OC)cc1. The summed E-state index contributed by atoms with van der Waals surface area (Å²) in [6.07, 6.45) is 1.59. The summed E-state index contributed by atoms with van der Waals surface area (Å²) < 4.78 is 9.57. The summed E-state index contributed by atoms with van der Waals surface area (Å²) in [5, 5.41) is 0.539. The van der Waals surface area contributed by atoms with Crippen molar-refractivity contribution in [3.8, 4) is 0 Å². The van der Waals surface area contributed by atoms with Crippen molar-refractivity contribution in [2.24, 2.45) is 0 Å². The van der Waals surface area contributed by atoms with Crippen LogP contribution in [0.5, 0.6) is 0 Å². The summed E-state index contributed by atoms with van der Waals surface area (Å²) in [5.74, 6) is -1.42. The van der Waals surface area contributed by atoms with E-state index in [0.29, 0.717) is 27.5 Å². The molecule has 1 aliphatic heterocycles. The fraction of sp³-hybridized carbons (Fsp3) is 0.136. The van der Waals surface area contributed by atoms with Gasteiger partial charge in [-0.3, -0.25) is 9.69 Å². The number of nitrogens with zero attached hydrogens (tertiary/aromatic N) is 1. The molecule has 29 heavy (non-hydrogen) atoms. The van der Waals surface area contributed by atoms with Crippen LogP contribution in [0.25, 0.3) is 6.08 Å². The minimum atomic E-state index is -0.607. The average Bonchev–Trinajstić information content (AvgIpc) is 2.98. The van der Waals surface area contributed by atoms with Crippen molar-refractivity contribution in [2.45, 2.75) is 6.92 Å². The van der Waals surface area contributed by atoms with Gasteiger partial charge in [0.05, 0.1) is 30.9 Å². The summed E-state index contributed by atoms with van der Waals surface area (Å²) in [6, 6.07) is 13.2. The number of allylic oxidation sites excluding steroid dienone is 1. The Labute approximate surface area is 173 Å². The molecule has 0 saturated carbocycles. The summed E-state index contributed by atoms with van der Waals surface area (Å²) in [4.78, 5) is 38.6. The number of ether oxygens (including phenoxy) is 2. The Morgan fingerprint density at radius 2 is 1.52 bits per heavy atom. The van der Waals surface area contributed by atoms with Crippen LogP contribution in [0, 0.1) is 0 Å². The molecule has 3 rings (SSSR count). The molecular weight excluding hydrogens is 394 g/mol. The van der Waals surface area contributed by atoms with E-state index in [0.717, 1.165) is 0 Å². The second-order valence-corrected chi connectivity index (χ2v) is 6.68. The maximum absolute atomic E-state index is 13.2. The number of benzene rings is 2. The molecular formula is C22H18ClNO5. The van der Waals surface area contributed by atoms with Crippen molar-refractivity contribution in [1.29, 1.82) is 0 Å². The summed E-state index contributed by atoms with van der Waals surface area (Å²) >= 11 is 5.94. The Hall–Kier alpha value is -3.38. The number of carbonyl (C=O) groups is 3. The standard InChI is InChI=1S/C22H18ClNO5/c1-13-19(22(27)29-3)18(12-14-4-6-15(7-5-14)21(26)28-2)20(25)24(13)17-10-8-16(23)9-11-17/h4-12H,1-3H3. The summed E-state index contributed by atoms with van der Waals surface area (Å²) in [7, 11) is 2.57. The molecule has 1 aliphatic rings. The first kappa shape index (κ1) is 20.4. The summed E-state index contributed by atoms with van der Waals surface area (Å²) in [5.41, 5.74) is 2.47. The second-order valence-electron chi connectivity index (χ2n) is 6.24. The number of amides is 1. The van der Waals surface area contributed by atoms with E-state index in [2.05, 4.69) is 4.74 Å². The molecule has 0 atom stereocenters. The Bertz CT molecular complexity index is 1040. The highest BCUT2D eigenvalue weighted by atomic mass is 35.5. The normalized spacial score (nSPS) is 15.1. The lowest BCUT2D eigenvalue weighted by molar-refractivity contribution is -0.136. The van der Waals surface area contributed by atoms with Gasteiger partial charge in [0.25, 0.3) is 5.91 Å². The van der Waals surface area contributed by atoms with E-state index in [-0.39, 0.29) is 17.1 Å². The van der Waals surface area contributed by atoms with Crippen molar-refractivity contribution in [1.82, 2.24) is 0 Å². The second kappa shape index (κ2) is 8.32. The molecule has 0 bridgehead atoms. The molecule has 0 fully saturated rings. The van der Waals surface area contributed by atoms with Crippen molar-refractivity contribution < 1.29 is 23.9 Å². The highest BCUT2D eigenvalue weighted by molar-refractivity contribution is 6.30. The number of rotatable bonds is 4. The van der Waals surface area contributed by atoms with Crippen LogP contribution in [0.2, 0.25) is 5.02 Å². The number of methoxy groups -OCH3 is 2. The molecule has 0 N–H and O–H groups in total. The number of halogens is 1. The van der Waals surface area contributed by atoms with Crippen molar-refractivity contribution >= 4 is 41.2 Å². The lowest BCUT2D eigenvalue weighted by Crippen LogP contribution is -2.24. The third kappa shape index (κ3) is 3.93. The van der Waals surface area contributed by atoms with Gasteiger partial charge in [-0.1, -0.05) is 23.7 Å². The molecule has 7 heteroatoms. The van der Waals surface area contributed by atoms with Crippen molar-refractivity contribution in [3.63, 3.8) is 0 Å². The molecule has 0 spiro atoms. The highest BCUT2D eigenvalue weighted by Gasteiger charge is 2.37. The number of anilines is 1. The van der Waals surface area contributed by atoms with Gasteiger partial charge in [-0.2, -0.15) is 0 Å². The third-order valence-electron chi connectivity index (χ3n) is 4.52. The molecule has 2 aromatic rings.